The van der Waals surface area contributed by atoms with Crippen LogP contribution in [0, 0.1) is 13.8 Å². The number of aryl methyl sites for hydroxylation is 2. The van der Waals surface area contributed by atoms with Crippen molar-refractivity contribution >= 4 is 33.8 Å². The van der Waals surface area contributed by atoms with Gasteiger partial charge in [-0.1, -0.05) is 23.8 Å². The number of nitrogens with one attached hydrogen (secondary N) is 1. The molecular weight excluding hydrogens is 409 g/mol. The fourth-order valence-electron chi connectivity index (χ4n) is 3.39. The molecule has 2 aromatic heterocycles. The molecule has 0 atom stereocenters. The van der Waals surface area contributed by atoms with Crippen LogP contribution >= 0.6 is 11.3 Å². The molecule has 4 aromatic rings. The predicted molar refractivity (Wildman–Crippen MR) is 114 cm³/mol. The third-order valence-corrected chi connectivity index (χ3v) is 5.61. The average molecular weight is 426 g/mol. The lowest BCUT2D eigenvalue weighted by molar-refractivity contribution is -0.137. The SMILES string of the molecule is Cc1cc(C)c2nc(-c3cccs3)cc(C(=O)Nc3cccc(C(F)(F)F)c3)c2c1. The van der Waals surface area contributed by atoms with E-state index in [-0.39, 0.29) is 5.69 Å². The Hall–Kier alpha value is -3.19. The van der Waals surface area contributed by atoms with Crippen LogP contribution in [-0.4, -0.2) is 10.9 Å². The highest BCUT2D eigenvalue weighted by molar-refractivity contribution is 7.13. The number of hydrogen-bond donors (Lipinski definition) is 1. The summed E-state index contributed by atoms with van der Waals surface area (Å²) in [5.41, 5.74) is 2.88. The number of pyridine rings is 1. The zero-order valence-electron chi connectivity index (χ0n) is 16.2. The van der Waals surface area contributed by atoms with Gasteiger partial charge in [-0.15, -0.1) is 11.3 Å². The summed E-state index contributed by atoms with van der Waals surface area (Å²) < 4.78 is 39.0. The van der Waals surface area contributed by atoms with Crippen LogP contribution in [-0.2, 0) is 6.18 Å². The molecule has 0 aliphatic carbocycles. The zero-order chi connectivity index (χ0) is 21.5. The predicted octanol–water partition coefficient (Wildman–Crippen LogP) is 6.85. The van der Waals surface area contributed by atoms with E-state index in [1.807, 2.05) is 43.5 Å². The normalized spacial score (nSPS) is 11.6. The molecular formula is C23H17F3N2OS. The molecule has 0 bridgehead atoms. The number of hydrogen-bond acceptors (Lipinski definition) is 3. The minimum atomic E-state index is -4.48. The maximum absolute atomic E-state index is 13.1. The Morgan fingerprint density at radius 2 is 1.83 bits per heavy atom. The first-order chi connectivity index (χ1) is 14.2. The maximum atomic E-state index is 13.1. The number of nitrogens with zero attached hydrogens (tertiary/aromatic N) is 1. The smallest absolute Gasteiger partial charge is 0.322 e. The summed E-state index contributed by atoms with van der Waals surface area (Å²) in [7, 11) is 0. The van der Waals surface area contributed by atoms with Crippen molar-refractivity contribution in [1.29, 1.82) is 0 Å². The number of halogens is 3. The van der Waals surface area contributed by atoms with Gasteiger partial charge in [0, 0.05) is 11.1 Å². The zero-order valence-corrected chi connectivity index (χ0v) is 17.0. The summed E-state index contributed by atoms with van der Waals surface area (Å²) in [6.07, 6.45) is -4.48. The van der Waals surface area contributed by atoms with Crippen LogP contribution < -0.4 is 5.32 Å². The van der Waals surface area contributed by atoms with Gasteiger partial charge in [0.25, 0.3) is 5.91 Å². The Kier molecular flexibility index (Phi) is 5.07. The molecule has 4 rings (SSSR count). The number of thiophene rings is 1. The molecule has 0 saturated heterocycles. The minimum Gasteiger partial charge on any atom is -0.322 e. The molecule has 0 spiro atoms. The number of benzene rings is 2. The Morgan fingerprint density at radius 1 is 1.03 bits per heavy atom. The van der Waals surface area contributed by atoms with E-state index < -0.39 is 17.6 Å². The van der Waals surface area contributed by atoms with Crippen molar-refractivity contribution in [3.8, 4) is 10.6 Å². The van der Waals surface area contributed by atoms with Gasteiger partial charge in [0.2, 0.25) is 0 Å². The highest BCUT2D eigenvalue weighted by Crippen LogP contribution is 2.32. The minimum absolute atomic E-state index is 0.0850. The molecule has 0 fully saturated rings. The van der Waals surface area contributed by atoms with E-state index in [0.717, 1.165) is 28.1 Å². The van der Waals surface area contributed by atoms with E-state index in [9.17, 15) is 18.0 Å². The number of anilines is 1. The number of rotatable bonds is 3. The second kappa shape index (κ2) is 7.57. The summed E-state index contributed by atoms with van der Waals surface area (Å²) in [5, 5.41) is 5.20. The number of carbonyl (C=O) groups excluding carboxylic acids is 1. The molecule has 0 radical (unpaired) electrons. The molecule has 30 heavy (non-hydrogen) atoms. The highest BCUT2D eigenvalue weighted by atomic mass is 32.1. The van der Waals surface area contributed by atoms with E-state index in [0.29, 0.717) is 22.2 Å². The van der Waals surface area contributed by atoms with Gasteiger partial charge in [-0.3, -0.25) is 4.79 Å². The van der Waals surface area contributed by atoms with Crippen LogP contribution in [0.1, 0.15) is 27.0 Å². The molecule has 7 heteroatoms. The summed E-state index contributed by atoms with van der Waals surface area (Å²) in [4.78, 5) is 18.8. The molecule has 0 saturated carbocycles. The van der Waals surface area contributed by atoms with Crippen molar-refractivity contribution in [2.24, 2.45) is 0 Å². The fraction of sp³-hybridized carbons (Fsp3) is 0.130. The van der Waals surface area contributed by atoms with Crippen molar-refractivity contribution in [3.63, 3.8) is 0 Å². The Bertz CT molecular complexity index is 1250. The molecule has 3 nitrogen and oxygen atoms in total. The van der Waals surface area contributed by atoms with Crippen molar-refractivity contribution < 1.29 is 18.0 Å². The van der Waals surface area contributed by atoms with Gasteiger partial charge >= 0.3 is 6.18 Å². The second-order valence-electron chi connectivity index (χ2n) is 7.04. The molecule has 0 aliphatic rings. The number of carbonyl (C=O) groups is 1. The van der Waals surface area contributed by atoms with E-state index in [1.165, 1.54) is 23.5 Å². The first-order valence-corrected chi connectivity index (χ1v) is 10.0. The van der Waals surface area contributed by atoms with Crippen molar-refractivity contribution in [2.45, 2.75) is 20.0 Å². The molecule has 0 aliphatic heterocycles. The fourth-order valence-corrected chi connectivity index (χ4v) is 4.08. The average Bonchev–Trinajstić information content (AvgIpc) is 3.21. The Balaban J connectivity index is 1.82. The van der Waals surface area contributed by atoms with E-state index in [2.05, 4.69) is 5.32 Å². The third-order valence-electron chi connectivity index (χ3n) is 4.71. The molecule has 2 aromatic carbocycles. The monoisotopic (exact) mass is 426 g/mol. The van der Waals surface area contributed by atoms with Crippen LogP contribution in [0.3, 0.4) is 0 Å². The molecule has 2 heterocycles. The van der Waals surface area contributed by atoms with Gasteiger partial charge in [0.1, 0.15) is 0 Å². The first-order valence-electron chi connectivity index (χ1n) is 9.17. The van der Waals surface area contributed by atoms with Crippen LogP contribution in [0.5, 0.6) is 0 Å². The van der Waals surface area contributed by atoms with Gasteiger partial charge in [0.15, 0.2) is 0 Å². The lowest BCUT2D eigenvalue weighted by Gasteiger charge is -2.13. The molecule has 1 N–H and O–H groups in total. The standard InChI is InChI=1S/C23H17F3N2OS/c1-13-9-14(2)21-17(10-13)18(12-19(28-21)20-7-4-8-30-20)22(29)27-16-6-3-5-15(11-16)23(24,25)26/h3-12H,1-2H3,(H,27,29). The third kappa shape index (κ3) is 3.93. The Morgan fingerprint density at radius 3 is 2.53 bits per heavy atom. The quantitative estimate of drug-likeness (QED) is 0.389. The summed E-state index contributed by atoms with van der Waals surface area (Å²) in [5.74, 6) is -0.482. The number of alkyl halides is 3. The van der Waals surface area contributed by atoms with Gasteiger partial charge in [-0.25, -0.2) is 4.98 Å². The van der Waals surface area contributed by atoms with Gasteiger partial charge in [0.05, 0.1) is 27.2 Å². The topological polar surface area (TPSA) is 42.0 Å². The summed E-state index contributed by atoms with van der Waals surface area (Å²) in [6, 6.07) is 14.0. The van der Waals surface area contributed by atoms with Crippen LogP contribution in [0.25, 0.3) is 21.5 Å². The largest absolute Gasteiger partial charge is 0.416 e. The van der Waals surface area contributed by atoms with Crippen LogP contribution in [0.15, 0.2) is 60.0 Å². The Labute approximate surface area is 175 Å². The summed E-state index contributed by atoms with van der Waals surface area (Å²) >= 11 is 1.50. The van der Waals surface area contributed by atoms with Crippen molar-refractivity contribution in [3.05, 3.63) is 82.2 Å². The number of amides is 1. The molecule has 1 amide bonds. The van der Waals surface area contributed by atoms with Gasteiger partial charge < -0.3 is 5.32 Å². The van der Waals surface area contributed by atoms with E-state index in [4.69, 9.17) is 4.98 Å². The first kappa shape index (κ1) is 20.1. The summed E-state index contributed by atoms with van der Waals surface area (Å²) in [6.45, 7) is 3.85. The number of fused-ring (bicyclic) bond motifs is 1. The van der Waals surface area contributed by atoms with Crippen LogP contribution in [0.4, 0.5) is 18.9 Å². The van der Waals surface area contributed by atoms with Crippen molar-refractivity contribution in [2.75, 3.05) is 5.32 Å². The molecule has 152 valence electrons. The maximum Gasteiger partial charge on any atom is 0.416 e. The van der Waals surface area contributed by atoms with Crippen molar-refractivity contribution in [1.82, 2.24) is 4.98 Å². The van der Waals surface area contributed by atoms with Crippen LogP contribution in [0.2, 0.25) is 0 Å². The van der Waals surface area contributed by atoms with Gasteiger partial charge in [-0.05, 0) is 61.2 Å². The highest BCUT2D eigenvalue weighted by Gasteiger charge is 2.30. The number of aromatic nitrogens is 1. The lowest BCUT2D eigenvalue weighted by Crippen LogP contribution is -2.14. The van der Waals surface area contributed by atoms with Gasteiger partial charge in [-0.2, -0.15) is 13.2 Å². The van der Waals surface area contributed by atoms with E-state index >= 15 is 0 Å². The molecule has 0 unspecified atom stereocenters. The van der Waals surface area contributed by atoms with E-state index in [1.54, 1.807) is 6.07 Å². The lowest BCUT2D eigenvalue weighted by atomic mass is 10.0. The second-order valence-corrected chi connectivity index (χ2v) is 7.99.